The molecule has 0 unspecified atom stereocenters. The Kier molecular flexibility index (Phi) is 4.98. The van der Waals surface area contributed by atoms with Crippen molar-refractivity contribution in [3.8, 4) is 0 Å². The molecule has 0 saturated carbocycles. The Morgan fingerprint density at radius 1 is 1.10 bits per heavy atom. The van der Waals surface area contributed by atoms with Crippen LogP contribution in [0.4, 0.5) is 13.2 Å². The van der Waals surface area contributed by atoms with Crippen molar-refractivity contribution in [2.45, 2.75) is 39.1 Å². The Bertz CT molecular complexity index is 516. The van der Waals surface area contributed by atoms with Crippen molar-refractivity contribution in [1.82, 2.24) is 5.32 Å². The van der Waals surface area contributed by atoms with Crippen molar-refractivity contribution in [2.75, 3.05) is 0 Å². The van der Waals surface area contributed by atoms with Crippen LogP contribution in [0.3, 0.4) is 0 Å². The smallest absolute Gasteiger partial charge is 0.456 e. The number of halogens is 3. The van der Waals surface area contributed by atoms with Crippen LogP contribution in [0.2, 0.25) is 0 Å². The molecule has 1 aromatic carbocycles. The van der Waals surface area contributed by atoms with E-state index in [0.29, 0.717) is 5.56 Å². The number of carbonyl (C=O) groups is 2. The van der Waals surface area contributed by atoms with Crippen molar-refractivity contribution in [3.63, 3.8) is 0 Å². The number of amides is 1. The Balaban J connectivity index is 2.63. The second kappa shape index (κ2) is 6.15. The van der Waals surface area contributed by atoms with Crippen molar-refractivity contribution in [2.24, 2.45) is 0 Å². The van der Waals surface area contributed by atoms with Crippen LogP contribution in [0.25, 0.3) is 0 Å². The highest BCUT2D eigenvalue weighted by Crippen LogP contribution is 2.15. The van der Waals surface area contributed by atoms with Gasteiger partial charge in [0.15, 0.2) is 0 Å². The highest BCUT2D eigenvalue weighted by molar-refractivity contribution is 5.89. The van der Waals surface area contributed by atoms with Crippen LogP contribution in [0.1, 0.15) is 36.7 Å². The number of hydrogen-bond donors (Lipinski definition) is 1. The number of hydrogen-bond acceptors (Lipinski definition) is 3. The molecule has 0 saturated heterocycles. The summed E-state index contributed by atoms with van der Waals surface area (Å²) in [7, 11) is 0. The Hall–Kier alpha value is -2.05. The minimum absolute atomic E-state index is 0.271. The van der Waals surface area contributed by atoms with E-state index >= 15 is 0 Å². The Morgan fingerprint density at radius 2 is 1.62 bits per heavy atom. The quantitative estimate of drug-likeness (QED) is 0.874. The van der Waals surface area contributed by atoms with Gasteiger partial charge in [0.25, 0.3) is 0 Å². The van der Waals surface area contributed by atoms with Gasteiger partial charge in [-0.15, -0.1) is 0 Å². The maximum absolute atomic E-state index is 12.0. The van der Waals surface area contributed by atoms with E-state index in [9.17, 15) is 22.8 Å². The third-order valence-corrected chi connectivity index (χ3v) is 2.30. The van der Waals surface area contributed by atoms with E-state index < -0.39 is 23.7 Å². The number of nitrogens with one attached hydrogen (secondary N) is 1. The predicted octanol–water partition coefficient (Wildman–Crippen LogP) is 2.82. The summed E-state index contributed by atoms with van der Waals surface area (Å²) in [5.41, 5.74) is 0.104. The van der Waals surface area contributed by atoms with Crippen LogP contribution >= 0.6 is 0 Å². The normalized spacial score (nSPS) is 11.9. The third kappa shape index (κ3) is 5.85. The molecule has 0 aliphatic heterocycles. The minimum atomic E-state index is -4.91. The van der Waals surface area contributed by atoms with Crippen molar-refractivity contribution in [3.05, 3.63) is 35.4 Å². The van der Waals surface area contributed by atoms with E-state index in [-0.39, 0.29) is 12.1 Å². The van der Waals surface area contributed by atoms with Gasteiger partial charge in [0.2, 0.25) is 0 Å². The summed E-state index contributed by atoms with van der Waals surface area (Å²) in [5, 5.41) is 1.75. The molecule has 7 heteroatoms. The van der Waals surface area contributed by atoms with Crippen molar-refractivity contribution in [1.29, 1.82) is 0 Å². The molecule has 1 N–H and O–H groups in total. The topological polar surface area (TPSA) is 55.4 Å². The van der Waals surface area contributed by atoms with E-state index in [2.05, 4.69) is 0 Å². The molecular formula is C14H16F3NO3. The van der Waals surface area contributed by atoms with Gasteiger partial charge in [-0.05, 0) is 38.5 Å². The third-order valence-electron chi connectivity index (χ3n) is 2.30. The molecule has 0 aliphatic carbocycles. The molecule has 21 heavy (non-hydrogen) atoms. The highest BCUT2D eigenvalue weighted by atomic mass is 19.4. The van der Waals surface area contributed by atoms with Crippen LogP contribution in [-0.4, -0.2) is 23.7 Å². The standard InChI is InChI=1S/C14H16F3NO3/c1-13(2,3)21-11(19)10-6-4-9(5-7-10)8-18-12(20)14(15,16)17/h4-7H,8H2,1-3H3,(H,18,20). The average Bonchev–Trinajstić information content (AvgIpc) is 2.33. The SMILES string of the molecule is CC(C)(C)OC(=O)c1ccc(CNC(=O)C(F)(F)F)cc1. The van der Waals surface area contributed by atoms with Gasteiger partial charge < -0.3 is 10.1 Å². The van der Waals surface area contributed by atoms with Crippen molar-refractivity contribution >= 4 is 11.9 Å². The zero-order valence-corrected chi connectivity index (χ0v) is 11.9. The predicted molar refractivity (Wildman–Crippen MR) is 69.5 cm³/mol. The van der Waals surface area contributed by atoms with E-state index in [1.54, 1.807) is 26.1 Å². The first kappa shape index (κ1) is 17.0. The van der Waals surface area contributed by atoms with Gasteiger partial charge in [-0.2, -0.15) is 13.2 Å². The second-order valence-corrected chi connectivity index (χ2v) is 5.38. The molecule has 0 aromatic heterocycles. The minimum Gasteiger partial charge on any atom is -0.456 e. The first-order valence-corrected chi connectivity index (χ1v) is 6.16. The van der Waals surface area contributed by atoms with E-state index in [4.69, 9.17) is 4.74 Å². The summed E-state index contributed by atoms with van der Waals surface area (Å²) in [4.78, 5) is 22.4. The molecule has 1 aromatic rings. The van der Waals surface area contributed by atoms with Crippen LogP contribution in [0, 0.1) is 0 Å². The average molecular weight is 303 g/mol. The zero-order valence-electron chi connectivity index (χ0n) is 11.9. The summed E-state index contributed by atoms with van der Waals surface area (Å²) in [6, 6.07) is 5.78. The molecule has 0 spiro atoms. The van der Waals surface area contributed by atoms with Gasteiger partial charge in [-0.3, -0.25) is 4.79 Å². The number of rotatable bonds is 3. The molecule has 0 radical (unpaired) electrons. The monoisotopic (exact) mass is 303 g/mol. The van der Waals surface area contributed by atoms with Gasteiger partial charge >= 0.3 is 18.1 Å². The molecule has 0 heterocycles. The van der Waals surface area contributed by atoms with Gasteiger partial charge in [-0.25, -0.2) is 4.79 Å². The number of ether oxygens (including phenoxy) is 1. The van der Waals surface area contributed by atoms with Crippen LogP contribution in [0.5, 0.6) is 0 Å². The first-order chi connectivity index (χ1) is 9.49. The van der Waals surface area contributed by atoms with Crippen LogP contribution in [0.15, 0.2) is 24.3 Å². The molecule has 116 valence electrons. The molecule has 1 rings (SSSR count). The lowest BCUT2D eigenvalue weighted by Gasteiger charge is -2.19. The Labute approximate surface area is 120 Å². The fourth-order valence-corrected chi connectivity index (χ4v) is 1.38. The van der Waals surface area contributed by atoms with E-state index in [1.807, 2.05) is 0 Å². The molecule has 0 aliphatic rings. The zero-order chi connectivity index (χ0) is 16.3. The largest absolute Gasteiger partial charge is 0.471 e. The number of alkyl halides is 3. The molecule has 0 atom stereocenters. The number of carbonyl (C=O) groups excluding carboxylic acids is 2. The lowest BCUT2D eigenvalue weighted by molar-refractivity contribution is -0.173. The summed E-state index contributed by atoms with van der Waals surface area (Å²) in [6.07, 6.45) is -4.91. The van der Waals surface area contributed by atoms with Crippen LogP contribution < -0.4 is 5.32 Å². The van der Waals surface area contributed by atoms with Gasteiger partial charge in [0, 0.05) is 6.54 Å². The molecule has 0 fully saturated rings. The summed E-state index contributed by atoms with van der Waals surface area (Å²) >= 11 is 0. The van der Waals surface area contributed by atoms with Crippen LogP contribution in [-0.2, 0) is 16.1 Å². The number of esters is 1. The maximum Gasteiger partial charge on any atom is 0.471 e. The maximum atomic E-state index is 12.0. The van der Waals surface area contributed by atoms with E-state index in [0.717, 1.165) is 0 Å². The fourth-order valence-electron chi connectivity index (χ4n) is 1.38. The molecule has 1 amide bonds. The fraction of sp³-hybridized carbons (Fsp3) is 0.429. The second-order valence-electron chi connectivity index (χ2n) is 5.38. The lowest BCUT2D eigenvalue weighted by Crippen LogP contribution is -2.36. The Morgan fingerprint density at radius 3 is 2.05 bits per heavy atom. The summed E-state index contributed by atoms with van der Waals surface area (Å²) < 4.78 is 41.2. The van der Waals surface area contributed by atoms with Crippen molar-refractivity contribution < 1.29 is 27.5 Å². The van der Waals surface area contributed by atoms with Gasteiger partial charge in [-0.1, -0.05) is 12.1 Å². The first-order valence-electron chi connectivity index (χ1n) is 6.16. The highest BCUT2D eigenvalue weighted by Gasteiger charge is 2.38. The van der Waals surface area contributed by atoms with E-state index in [1.165, 1.54) is 24.3 Å². The molecule has 0 bridgehead atoms. The molecular weight excluding hydrogens is 287 g/mol. The van der Waals surface area contributed by atoms with Gasteiger partial charge in [0.05, 0.1) is 5.56 Å². The number of benzene rings is 1. The summed E-state index contributed by atoms with van der Waals surface area (Å²) in [6.45, 7) is 4.91. The molecule has 4 nitrogen and oxygen atoms in total. The summed E-state index contributed by atoms with van der Waals surface area (Å²) in [5.74, 6) is -2.52. The lowest BCUT2D eigenvalue weighted by atomic mass is 10.1. The van der Waals surface area contributed by atoms with Gasteiger partial charge in [0.1, 0.15) is 5.60 Å².